The Labute approximate surface area is 215 Å². The van der Waals surface area contributed by atoms with Crippen LogP contribution in [0.4, 0.5) is 11.4 Å². The first kappa shape index (κ1) is 23.4. The maximum atomic E-state index is 13.7. The van der Waals surface area contributed by atoms with Crippen LogP contribution in [0.25, 0.3) is 0 Å². The highest BCUT2D eigenvalue weighted by Crippen LogP contribution is 2.39. The molecule has 3 aliphatic rings. The smallest absolute Gasteiger partial charge is 0.241 e. The summed E-state index contributed by atoms with van der Waals surface area (Å²) in [5, 5.41) is 3.00. The van der Waals surface area contributed by atoms with Crippen LogP contribution in [-0.2, 0) is 9.59 Å². The Morgan fingerprint density at radius 3 is 2.43 bits per heavy atom. The van der Waals surface area contributed by atoms with Gasteiger partial charge in [-0.1, -0.05) is 42.5 Å². The van der Waals surface area contributed by atoms with E-state index in [1.54, 1.807) is 12.1 Å². The summed E-state index contributed by atoms with van der Waals surface area (Å²) in [7, 11) is 0. The van der Waals surface area contributed by atoms with Crippen LogP contribution < -0.4 is 24.4 Å². The highest BCUT2D eigenvalue weighted by atomic mass is 16.7. The van der Waals surface area contributed by atoms with Crippen molar-refractivity contribution in [3.05, 3.63) is 78.4 Å². The topological polar surface area (TPSA) is 80.3 Å². The van der Waals surface area contributed by atoms with Gasteiger partial charge in [0.1, 0.15) is 12.4 Å². The van der Waals surface area contributed by atoms with Crippen molar-refractivity contribution >= 4 is 23.2 Å². The fourth-order valence-electron chi connectivity index (χ4n) is 5.26. The Bertz CT molecular complexity index is 1290. The average molecular weight is 500 g/mol. The lowest BCUT2D eigenvalue weighted by molar-refractivity contribution is -0.122. The highest BCUT2D eigenvalue weighted by Gasteiger charge is 2.35. The molecule has 37 heavy (non-hydrogen) atoms. The van der Waals surface area contributed by atoms with E-state index < -0.39 is 0 Å². The Hall–Kier alpha value is -4.04. The summed E-state index contributed by atoms with van der Waals surface area (Å²) >= 11 is 0. The molecular weight excluding hydrogens is 470 g/mol. The van der Waals surface area contributed by atoms with Gasteiger partial charge in [-0.25, -0.2) is 0 Å². The molecule has 1 atom stereocenters. The lowest BCUT2D eigenvalue weighted by Crippen LogP contribution is -2.48. The molecule has 3 aromatic carbocycles. The number of carbonyl (C=O) groups is 2. The number of benzene rings is 3. The molecule has 190 valence electrons. The zero-order valence-corrected chi connectivity index (χ0v) is 20.5. The second kappa shape index (κ2) is 10.1. The maximum Gasteiger partial charge on any atom is 0.241 e. The number of para-hydroxylation sites is 2. The summed E-state index contributed by atoms with van der Waals surface area (Å²) in [6, 6.07) is 22.9. The number of hydrogen-bond acceptors (Lipinski definition) is 6. The number of rotatable bonds is 5. The van der Waals surface area contributed by atoms with Gasteiger partial charge in [0.25, 0.3) is 0 Å². The maximum absolute atomic E-state index is 13.7. The van der Waals surface area contributed by atoms with E-state index in [0.29, 0.717) is 56.3 Å². The molecule has 3 heterocycles. The van der Waals surface area contributed by atoms with Crippen molar-refractivity contribution in [1.29, 1.82) is 0 Å². The van der Waals surface area contributed by atoms with Gasteiger partial charge < -0.3 is 19.5 Å². The summed E-state index contributed by atoms with van der Waals surface area (Å²) in [6.07, 6.45) is 1.40. The third kappa shape index (κ3) is 4.84. The molecule has 0 unspecified atom stereocenters. The third-order valence-electron chi connectivity index (χ3n) is 7.24. The van der Waals surface area contributed by atoms with Crippen LogP contribution in [0, 0.1) is 5.92 Å². The van der Waals surface area contributed by atoms with Gasteiger partial charge in [-0.3, -0.25) is 19.4 Å². The van der Waals surface area contributed by atoms with Crippen molar-refractivity contribution in [1.82, 2.24) is 4.90 Å². The van der Waals surface area contributed by atoms with Crippen LogP contribution in [0.15, 0.2) is 72.8 Å². The summed E-state index contributed by atoms with van der Waals surface area (Å²) in [6.45, 7) is 2.29. The van der Waals surface area contributed by atoms with E-state index >= 15 is 0 Å². The molecule has 1 N–H and O–H groups in total. The number of fused-ring (bicyclic) bond motifs is 2. The number of hydrogen-bond donors (Lipinski definition) is 1. The van der Waals surface area contributed by atoms with Gasteiger partial charge in [0, 0.05) is 17.7 Å². The zero-order chi connectivity index (χ0) is 25.2. The normalized spacial score (nSPS) is 19.1. The minimum absolute atomic E-state index is 0.00362. The van der Waals surface area contributed by atoms with Gasteiger partial charge >= 0.3 is 0 Å². The summed E-state index contributed by atoms with van der Waals surface area (Å²) < 4.78 is 16.7. The van der Waals surface area contributed by atoms with Gasteiger partial charge in [0.15, 0.2) is 11.5 Å². The predicted octanol–water partition coefficient (Wildman–Crippen LogP) is 4.23. The Balaban J connectivity index is 1.09. The van der Waals surface area contributed by atoms with Crippen LogP contribution in [0.1, 0.15) is 24.4 Å². The molecule has 8 heteroatoms. The van der Waals surface area contributed by atoms with Crippen LogP contribution in [0.2, 0.25) is 0 Å². The molecule has 1 saturated heterocycles. The van der Waals surface area contributed by atoms with E-state index in [9.17, 15) is 9.59 Å². The zero-order valence-electron chi connectivity index (χ0n) is 20.5. The number of piperidine rings is 1. The highest BCUT2D eigenvalue weighted by molar-refractivity contribution is 5.97. The first-order valence-electron chi connectivity index (χ1n) is 12.7. The van der Waals surface area contributed by atoms with Gasteiger partial charge in [-0.2, -0.15) is 0 Å². The number of likely N-dealkylation sites (tertiary alicyclic amines) is 1. The van der Waals surface area contributed by atoms with Gasteiger partial charge in [0.2, 0.25) is 18.6 Å². The van der Waals surface area contributed by atoms with Gasteiger partial charge in [0.05, 0.1) is 18.3 Å². The fraction of sp³-hybridized carbons (Fsp3) is 0.310. The molecule has 3 aliphatic heterocycles. The SMILES string of the molecule is O=C(Nc1ccc2c(c1)OCO2)C1CCN(CC(=O)N2c3ccccc3OC[C@H]2c2ccccc2)CC1. The summed E-state index contributed by atoms with van der Waals surface area (Å²) in [5.41, 5.74) is 2.54. The summed E-state index contributed by atoms with van der Waals surface area (Å²) in [5.74, 6) is 1.99. The number of ether oxygens (including phenoxy) is 3. The standard InChI is InChI=1S/C29H29N3O5/c33-28(32-23-8-4-5-9-25(23)35-18-24(32)20-6-2-1-3-7-20)17-31-14-12-21(13-15-31)29(34)30-22-10-11-26-27(16-22)37-19-36-26/h1-11,16,21,24H,12-15,17-19H2,(H,30,34)/t24-/m0/s1. The lowest BCUT2D eigenvalue weighted by atomic mass is 9.95. The van der Waals surface area contributed by atoms with Crippen molar-refractivity contribution in [3.8, 4) is 17.2 Å². The van der Waals surface area contributed by atoms with E-state index in [4.69, 9.17) is 14.2 Å². The second-order valence-corrected chi connectivity index (χ2v) is 9.58. The van der Waals surface area contributed by atoms with Crippen LogP contribution in [0.5, 0.6) is 17.2 Å². The van der Waals surface area contributed by atoms with E-state index in [0.717, 1.165) is 17.0 Å². The third-order valence-corrected chi connectivity index (χ3v) is 7.24. The van der Waals surface area contributed by atoms with Gasteiger partial charge in [-0.05, 0) is 55.8 Å². The molecule has 0 radical (unpaired) electrons. The molecule has 6 rings (SSSR count). The molecule has 0 saturated carbocycles. The Kier molecular flexibility index (Phi) is 6.40. The number of amides is 2. The Morgan fingerprint density at radius 2 is 1.59 bits per heavy atom. The largest absolute Gasteiger partial charge is 0.489 e. The molecule has 3 aromatic rings. The van der Waals surface area contributed by atoms with Crippen molar-refractivity contribution in [2.45, 2.75) is 18.9 Å². The van der Waals surface area contributed by atoms with E-state index in [-0.39, 0.29) is 30.6 Å². The van der Waals surface area contributed by atoms with Crippen molar-refractivity contribution in [2.75, 3.05) is 43.3 Å². The average Bonchev–Trinajstić information content (AvgIpc) is 3.41. The van der Waals surface area contributed by atoms with Crippen molar-refractivity contribution < 1.29 is 23.8 Å². The molecule has 0 bridgehead atoms. The monoisotopic (exact) mass is 499 g/mol. The molecule has 2 amide bonds. The van der Waals surface area contributed by atoms with Crippen molar-refractivity contribution in [3.63, 3.8) is 0 Å². The van der Waals surface area contributed by atoms with E-state index in [2.05, 4.69) is 10.2 Å². The number of nitrogens with one attached hydrogen (secondary N) is 1. The van der Waals surface area contributed by atoms with E-state index in [1.807, 2.05) is 65.6 Å². The van der Waals surface area contributed by atoms with Crippen molar-refractivity contribution in [2.24, 2.45) is 5.92 Å². The fourth-order valence-corrected chi connectivity index (χ4v) is 5.26. The van der Waals surface area contributed by atoms with Gasteiger partial charge in [-0.15, -0.1) is 0 Å². The quantitative estimate of drug-likeness (QED) is 0.566. The van der Waals surface area contributed by atoms with E-state index in [1.165, 1.54) is 0 Å². The molecule has 0 aromatic heterocycles. The molecule has 0 spiro atoms. The molecular formula is C29H29N3O5. The second-order valence-electron chi connectivity index (χ2n) is 9.58. The molecule has 8 nitrogen and oxygen atoms in total. The minimum Gasteiger partial charge on any atom is -0.489 e. The van der Waals surface area contributed by atoms with Crippen LogP contribution in [0.3, 0.4) is 0 Å². The number of nitrogens with zero attached hydrogens (tertiary/aromatic N) is 2. The first-order valence-corrected chi connectivity index (χ1v) is 12.7. The predicted molar refractivity (Wildman–Crippen MR) is 139 cm³/mol. The van der Waals surface area contributed by atoms with Crippen LogP contribution in [-0.4, -0.2) is 49.7 Å². The number of anilines is 2. The van der Waals surface area contributed by atoms with Crippen LogP contribution >= 0.6 is 0 Å². The Morgan fingerprint density at radius 1 is 0.838 bits per heavy atom. The minimum atomic E-state index is -0.186. The first-order chi connectivity index (χ1) is 18.2. The molecule has 1 fully saturated rings. The summed E-state index contributed by atoms with van der Waals surface area (Å²) in [4.78, 5) is 30.6. The number of carbonyl (C=O) groups excluding carboxylic acids is 2. The molecule has 0 aliphatic carbocycles. The lowest BCUT2D eigenvalue weighted by Gasteiger charge is -2.39.